The van der Waals surface area contributed by atoms with Gasteiger partial charge in [-0.3, -0.25) is 4.79 Å². The standard InChI is InChI=1S/C17H26N4O2/c1-17(2,3)14-7-13(18-16(23)19-14)15(22)21-9-11-5-6-12(21)10-20(4)8-11/h7,11-12H,5-6,8-10H2,1-4H3,(H,18,19,23)/t11-,12+/m0/s1. The highest BCUT2D eigenvalue weighted by molar-refractivity contribution is 5.92. The number of piperidine rings is 1. The van der Waals surface area contributed by atoms with Crippen LogP contribution in [0.2, 0.25) is 0 Å². The minimum Gasteiger partial charge on any atom is -0.333 e. The van der Waals surface area contributed by atoms with Crippen molar-refractivity contribution in [2.24, 2.45) is 5.92 Å². The molecule has 1 N–H and O–H groups in total. The van der Waals surface area contributed by atoms with E-state index < -0.39 is 5.69 Å². The summed E-state index contributed by atoms with van der Waals surface area (Å²) in [4.78, 5) is 35.8. The van der Waals surface area contributed by atoms with Gasteiger partial charge in [-0.25, -0.2) is 4.79 Å². The number of aromatic amines is 1. The topological polar surface area (TPSA) is 69.3 Å². The molecule has 3 saturated heterocycles. The van der Waals surface area contributed by atoms with E-state index in [9.17, 15) is 9.59 Å². The summed E-state index contributed by atoms with van der Waals surface area (Å²) >= 11 is 0. The Hall–Kier alpha value is -1.69. The van der Waals surface area contributed by atoms with Crippen LogP contribution in [-0.4, -0.2) is 58.4 Å². The SMILES string of the molecule is CN1C[C@@H]2CC[C@H](C1)N(C(=O)c1cc(C(C)(C)C)[nH]c(=O)n1)C2. The highest BCUT2D eigenvalue weighted by atomic mass is 16.2. The molecule has 1 aromatic rings. The average Bonchev–Trinajstić information content (AvgIpc) is 2.73. The van der Waals surface area contributed by atoms with Crippen molar-refractivity contribution < 1.29 is 4.79 Å². The minimum absolute atomic E-state index is 0.105. The number of carbonyl (C=O) groups is 1. The molecule has 0 radical (unpaired) electrons. The average molecular weight is 318 g/mol. The van der Waals surface area contributed by atoms with E-state index in [2.05, 4.69) is 21.9 Å². The number of H-pyrrole nitrogens is 1. The summed E-state index contributed by atoms with van der Waals surface area (Å²) in [5.74, 6) is 0.415. The lowest BCUT2D eigenvalue weighted by atomic mass is 9.91. The molecule has 2 atom stereocenters. The molecule has 6 nitrogen and oxygen atoms in total. The number of carbonyl (C=O) groups excluding carboxylic acids is 1. The van der Waals surface area contributed by atoms with Crippen LogP contribution >= 0.6 is 0 Å². The van der Waals surface area contributed by atoms with Gasteiger partial charge in [0.15, 0.2) is 0 Å². The van der Waals surface area contributed by atoms with E-state index >= 15 is 0 Å². The summed E-state index contributed by atoms with van der Waals surface area (Å²) in [6, 6.07) is 1.97. The molecule has 0 aliphatic carbocycles. The van der Waals surface area contributed by atoms with Gasteiger partial charge in [0.2, 0.25) is 0 Å². The van der Waals surface area contributed by atoms with Gasteiger partial charge < -0.3 is 14.8 Å². The first-order valence-electron chi connectivity index (χ1n) is 8.35. The van der Waals surface area contributed by atoms with E-state index in [1.165, 1.54) is 6.42 Å². The summed E-state index contributed by atoms with van der Waals surface area (Å²) in [5, 5.41) is 0. The molecule has 1 aromatic heterocycles. The number of nitrogens with zero attached hydrogens (tertiary/aromatic N) is 3. The molecule has 6 heteroatoms. The van der Waals surface area contributed by atoms with Gasteiger partial charge in [-0.2, -0.15) is 4.98 Å². The molecule has 3 aliphatic rings. The zero-order chi connectivity index (χ0) is 16.8. The van der Waals surface area contributed by atoms with Crippen LogP contribution in [0.3, 0.4) is 0 Å². The zero-order valence-electron chi connectivity index (χ0n) is 14.4. The molecule has 0 saturated carbocycles. The van der Waals surface area contributed by atoms with Gasteiger partial charge in [-0.05, 0) is 31.9 Å². The highest BCUT2D eigenvalue weighted by Crippen LogP contribution is 2.28. The van der Waals surface area contributed by atoms with Gasteiger partial charge in [0, 0.05) is 36.8 Å². The van der Waals surface area contributed by atoms with Crippen molar-refractivity contribution in [1.82, 2.24) is 19.8 Å². The summed E-state index contributed by atoms with van der Waals surface area (Å²) in [6.07, 6.45) is 2.21. The third-order valence-corrected chi connectivity index (χ3v) is 4.93. The van der Waals surface area contributed by atoms with Crippen LogP contribution in [0.5, 0.6) is 0 Å². The molecular formula is C17H26N4O2. The molecule has 3 aliphatic heterocycles. The molecule has 0 unspecified atom stereocenters. The van der Waals surface area contributed by atoms with Crippen LogP contribution in [0.4, 0.5) is 0 Å². The molecule has 0 spiro atoms. The van der Waals surface area contributed by atoms with Gasteiger partial charge in [0.05, 0.1) is 0 Å². The molecule has 3 fully saturated rings. The Morgan fingerprint density at radius 1 is 1.26 bits per heavy atom. The van der Waals surface area contributed by atoms with Crippen LogP contribution in [-0.2, 0) is 5.41 Å². The van der Waals surface area contributed by atoms with Gasteiger partial charge in [-0.15, -0.1) is 0 Å². The van der Waals surface area contributed by atoms with Crippen molar-refractivity contribution >= 4 is 5.91 Å². The fraction of sp³-hybridized carbons (Fsp3) is 0.706. The van der Waals surface area contributed by atoms with Gasteiger partial charge in [0.1, 0.15) is 5.69 Å². The third kappa shape index (κ3) is 3.32. The first-order valence-corrected chi connectivity index (χ1v) is 8.35. The molecule has 0 aromatic carbocycles. The molecule has 4 heterocycles. The maximum atomic E-state index is 13.0. The Morgan fingerprint density at radius 2 is 2.00 bits per heavy atom. The van der Waals surface area contributed by atoms with E-state index in [4.69, 9.17) is 0 Å². The lowest BCUT2D eigenvalue weighted by Gasteiger charge is -2.36. The van der Waals surface area contributed by atoms with E-state index in [0.29, 0.717) is 5.92 Å². The van der Waals surface area contributed by atoms with Crippen molar-refractivity contribution in [1.29, 1.82) is 0 Å². The predicted molar refractivity (Wildman–Crippen MR) is 88.6 cm³/mol. The van der Waals surface area contributed by atoms with Crippen molar-refractivity contribution in [2.45, 2.75) is 45.1 Å². The van der Waals surface area contributed by atoms with Gasteiger partial charge in [-0.1, -0.05) is 20.8 Å². The number of likely N-dealkylation sites (N-methyl/N-ethyl adjacent to an activating group) is 1. The maximum absolute atomic E-state index is 13.0. The molecule has 2 bridgehead atoms. The molecule has 1 amide bonds. The molecule has 126 valence electrons. The van der Waals surface area contributed by atoms with E-state index in [1.807, 2.05) is 25.7 Å². The van der Waals surface area contributed by atoms with Crippen LogP contribution in [0.1, 0.15) is 49.8 Å². The van der Waals surface area contributed by atoms with Crippen LogP contribution in [0.15, 0.2) is 10.9 Å². The predicted octanol–water partition coefficient (Wildman–Crippen LogP) is 1.23. The summed E-state index contributed by atoms with van der Waals surface area (Å²) in [7, 11) is 2.11. The van der Waals surface area contributed by atoms with Crippen LogP contribution in [0, 0.1) is 5.92 Å². The first-order chi connectivity index (χ1) is 10.7. The van der Waals surface area contributed by atoms with Crippen molar-refractivity contribution in [3.8, 4) is 0 Å². The highest BCUT2D eigenvalue weighted by Gasteiger charge is 2.37. The number of amides is 1. The number of hydrogen-bond acceptors (Lipinski definition) is 4. The van der Waals surface area contributed by atoms with Gasteiger partial charge >= 0.3 is 5.69 Å². The van der Waals surface area contributed by atoms with Crippen LogP contribution < -0.4 is 5.69 Å². The fourth-order valence-corrected chi connectivity index (χ4v) is 3.68. The summed E-state index contributed by atoms with van der Waals surface area (Å²) < 4.78 is 0. The minimum atomic E-state index is -0.446. The Labute approximate surface area is 136 Å². The maximum Gasteiger partial charge on any atom is 0.345 e. The Bertz CT molecular complexity index is 661. The largest absolute Gasteiger partial charge is 0.345 e. The lowest BCUT2D eigenvalue weighted by molar-refractivity contribution is 0.0580. The number of aromatic nitrogens is 2. The van der Waals surface area contributed by atoms with Crippen molar-refractivity contribution in [2.75, 3.05) is 26.7 Å². The monoisotopic (exact) mass is 318 g/mol. The lowest BCUT2D eigenvalue weighted by Crippen LogP contribution is -2.48. The normalized spacial score (nSPS) is 25.5. The van der Waals surface area contributed by atoms with Crippen LogP contribution in [0.25, 0.3) is 0 Å². The number of fused-ring (bicyclic) bond motifs is 4. The second kappa shape index (κ2) is 5.74. The number of nitrogens with one attached hydrogen (secondary N) is 1. The van der Waals surface area contributed by atoms with E-state index in [1.54, 1.807) is 6.07 Å². The molecule has 23 heavy (non-hydrogen) atoms. The number of hydrogen-bond donors (Lipinski definition) is 1. The van der Waals surface area contributed by atoms with Crippen molar-refractivity contribution in [3.63, 3.8) is 0 Å². The second-order valence-electron chi connectivity index (χ2n) is 8.01. The molecule has 4 rings (SSSR count). The fourth-order valence-electron chi connectivity index (χ4n) is 3.68. The van der Waals surface area contributed by atoms with E-state index in [0.717, 1.165) is 31.7 Å². The van der Waals surface area contributed by atoms with E-state index in [-0.39, 0.29) is 23.1 Å². The van der Waals surface area contributed by atoms with Gasteiger partial charge in [0.25, 0.3) is 5.91 Å². The number of rotatable bonds is 1. The summed E-state index contributed by atoms with van der Waals surface area (Å²) in [6.45, 7) is 8.74. The Kier molecular flexibility index (Phi) is 4.04. The quantitative estimate of drug-likeness (QED) is 0.846. The summed E-state index contributed by atoms with van der Waals surface area (Å²) in [5.41, 5.74) is 0.347. The third-order valence-electron chi connectivity index (χ3n) is 4.93. The Morgan fingerprint density at radius 3 is 2.70 bits per heavy atom. The first kappa shape index (κ1) is 16.2. The zero-order valence-corrected chi connectivity index (χ0v) is 14.4. The molecular weight excluding hydrogens is 292 g/mol. The van der Waals surface area contributed by atoms with Crippen molar-refractivity contribution in [3.05, 3.63) is 27.9 Å². The Balaban J connectivity index is 1.92. The smallest absolute Gasteiger partial charge is 0.333 e. The second-order valence-corrected chi connectivity index (χ2v) is 8.01.